The number of hydrogen-bond donors (Lipinski definition) is 1. The van der Waals surface area contributed by atoms with Crippen LogP contribution in [0.25, 0.3) is 0 Å². The second-order valence-corrected chi connectivity index (χ2v) is 6.04. The van der Waals surface area contributed by atoms with Crippen LogP contribution in [-0.2, 0) is 11.3 Å². The van der Waals surface area contributed by atoms with Crippen LogP contribution in [0.2, 0.25) is 0 Å². The minimum absolute atomic E-state index is 0.0766. The summed E-state index contributed by atoms with van der Waals surface area (Å²) in [5.41, 5.74) is 4.57. The van der Waals surface area contributed by atoms with E-state index >= 15 is 0 Å². The van der Waals surface area contributed by atoms with Gasteiger partial charge in [-0.05, 0) is 56.0 Å². The van der Waals surface area contributed by atoms with E-state index in [9.17, 15) is 4.79 Å². The molecule has 0 radical (unpaired) electrons. The van der Waals surface area contributed by atoms with Crippen molar-refractivity contribution in [3.05, 3.63) is 64.7 Å². The molecule has 0 bridgehead atoms. The maximum atomic E-state index is 12.4. The number of rotatable bonds is 6. The van der Waals surface area contributed by atoms with Gasteiger partial charge in [0.05, 0.1) is 0 Å². The van der Waals surface area contributed by atoms with Crippen molar-refractivity contribution in [3.63, 3.8) is 0 Å². The highest BCUT2D eigenvalue weighted by atomic mass is 16.5. The number of aryl methyl sites for hydroxylation is 3. The standard InChI is InChI=1S/C20H25NO2/c1-5-19(23-18-11-15(3)10-16(4)12-18)20(22)21-13-17-8-6-14(2)7-9-17/h6-12,19H,5,13H2,1-4H3,(H,21,22). The first kappa shape index (κ1) is 17.1. The number of ether oxygens (including phenoxy) is 1. The Hall–Kier alpha value is -2.29. The van der Waals surface area contributed by atoms with Crippen molar-refractivity contribution in [2.24, 2.45) is 0 Å². The summed E-state index contributed by atoms with van der Waals surface area (Å²) >= 11 is 0. The summed E-state index contributed by atoms with van der Waals surface area (Å²) in [6.45, 7) is 8.58. The van der Waals surface area contributed by atoms with E-state index in [1.807, 2.05) is 64.1 Å². The van der Waals surface area contributed by atoms with Gasteiger partial charge < -0.3 is 10.1 Å². The molecule has 0 heterocycles. The topological polar surface area (TPSA) is 38.3 Å². The quantitative estimate of drug-likeness (QED) is 0.872. The van der Waals surface area contributed by atoms with Crippen molar-refractivity contribution >= 4 is 5.91 Å². The van der Waals surface area contributed by atoms with Crippen molar-refractivity contribution in [2.75, 3.05) is 0 Å². The summed E-state index contributed by atoms with van der Waals surface area (Å²) < 4.78 is 5.88. The summed E-state index contributed by atoms with van der Waals surface area (Å²) in [5, 5.41) is 2.95. The van der Waals surface area contributed by atoms with Gasteiger partial charge in [0.15, 0.2) is 6.10 Å². The molecule has 0 aliphatic rings. The molecule has 0 spiro atoms. The number of nitrogens with one attached hydrogen (secondary N) is 1. The molecule has 0 fully saturated rings. The average molecular weight is 311 g/mol. The number of carbonyl (C=O) groups excluding carboxylic acids is 1. The molecule has 0 aliphatic heterocycles. The summed E-state index contributed by atoms with van der Waals surface area (Å²) in [6, 6.07) is 14.2. The zero-order valence-corrected chi connectivity index (χ0v) is 14.3. The molecule has 1 amide bonds. The van der Waals surface area contributed by atoms with Gasteiger partial charge >= 0.3 is 0 Å². The van der Waals surface area contributed by atoms with Crippen molar-refractivity contribution < 1.29 is 9.53 Å². The third-order valence-electron chi connectivity index (χ3n) is 3.72. The van der Waals surface area contributed by atoms with Crippen molar-refractivity contribution in [1.29, 1.82) is 0 Å². The highest BCUT2D eigenvalue weighted by Gasteiger charge is 2.18. The Balaban J connectivity index is 1.96. The summed E-state index contributed by atoms with van der Waals surface area (Å²) in [6.07, 6.45) is 0.161. The molecule has 0 saturated carbocycles. The summed E-state index contributed by atoms with van der Waals surface area (Å²) in [4.78, 5) is 12.4. The van der Waals surface area contributed by atoms with Crippen LogP contribution in [0.3, 0.4) is 0 Å². The molecule has 2 aromatic rings. The lowest BCUT2D eigenvalue weighted by molar-refractivity contribution is -0.128. The highest BCUT2D eigenvalue weighted by Crippen LogP contribution is 2.18. The molecule has 0 saturated heterocycles. The van der Waals surface area contributed by atoms with Gasteiger partial charge in [-0.25, -0.2) is 0 Å². The van der Waals surface area contributed by atoms with Gasteiger partial charge in [0.2, 0.25) is 0 Å². The fourth-order valence-electron chi connectivity index (χ4n) is 2.50. The van der Waals surface area contributed by atoms with Crippen LogP contribution >= 0.6 is 0 Å². The van der Waals surface area contributed by atoms with Crippen LogP contribution in [0, 0.1) is 20.8 Å². The van der Waals surface area contributed by atoms with Crippen LogP contribution in [0.4, 0.5) is 0 Å². The van der Waals surface area contributed by atoms with E-state index in [0.29, 0.717) is 13.0 Å². The van der Waals surface area contributed by atoms with Crippen LogP contribution in [0.15, 0.2) is 42.5 Å². The van der Waals surface area contributed by atoms with Crippen LogP contribution in [-0.4, -0.2) is 12.0 Å². The second-order valence-electron chi connectivity index (χ2n) is 6.04. The molecule has 0 aromatic heterocycles. The Morgan fingerprint density at radius 2 is 1.61 bits per heavy atom. The monoisotopic (exact) mass is 311 g/mol. The van der Waals surface area contributed by atoms with E-state index in [2.05, 4.69) is 11.4 Å². The normalized spacial score (nSPS) is 11.8. The zero-order valence-electron chi connectivity index (χ0n) is 14.3. The maximum Gasteiger partial charge on any atom is 0.261 e. The lowest BCUT2D eigenvalue weighted by Crippen LogP contribution is -2.37. The van der Waals surface area contributed by atoms with E-state index in [0.717, 1.165) is 22.4 Å². The smallest absolute Gasteiger partial charge is 0.261 e. The molecular formula is C20H25NO2. The molecule has 1 N–H and O–H groups in total. The molecule has 2 rings (SSSR count). The summed E-state index contributed by atoms with van der Waals surface area (Å²) in [5.74, 6) is 0.673. The van der Waals surface area contributed by atoms with Gasteiger partial charge in [-0.2, -0.15) is 0 Å². The maximum absolute atomic E-state index is 12.4. The van der Waals surface area contributed by atoms with Crippen LogP contribution in [0.1, 0.15) is 35.6 Å². The minimum atomic E-state index is -0.471. The van der Waals surface area contributed by atoms with Gasteiger partial charge in [0.1, 0.15) is 5.75 Å². The summed E-state index contributed by atoms with van der Waals surface area (Å²) in [7, 11) is 0. The fraction of sp³-hybridized carbons (Fsp3) is 0.350. The van der Waals surface area contributed by atoms with Gasteiger partial charge in [-0.15, -0.1) is 0 Å². The Labute approximate surface area is 138 Å². The van der Waals surface area contributed by atoms with E-state index in [4.69, 9.17) is 4.74 Å². The third kappa shape index (κ3) is 5.13. The lowest BCUT2D eigenvalue weighted by Gasteiger charge is -2.18. The number of carbonyl (C=O) groups is 1. The predicted molar refractivity (Wildman–Crippen MR) is 93.6 cm³/mol. The third-order valence-corrected chi connectivity index (χ3v) is 3.72. The van der Waals surface area contributed by atoms with E-state index in [1.54, 1.807) is 0 Å². The first-order valence-corrected chi connectivity index (χ1v) is 8.06. The van der Waals surface area contributed by atoms with Gasteiger partial charge in [-0.1, -0.05) is 42.8 Å². The molecule has 2 aromatic carbocycles. The number of benzene rings is 2. The highest BCUT2D eigenvalue weighted by molar-refractivity contribution is 5.81. The average Bonchev–Trinajstić information content (AvgIpc) is 2.51. The zero-order chi connectivity index (χ0) is 16.8. The molecule has 23 heavy (non-hydrogen) atoms. The predicted octanol–water partition coefficient (Wildman–Crippen LogP) is 4.09. The Bertz CT molecular complexity index is 642. The second kappa shape index (κ2) is 7.82. The van der Waals surface area contributed by atoms with E-state index in [1.165, 1.54) is 5.56 Å². The first-order chi connectivity index (χ1) is 11.0. The molecule has 1 atom stereocenters. The first-order valence-electron chi connectivity index (χ1n) is 8.06. The van der Waals surface area contributed by atoms with Gasteiger partial charge in [0, 0.05) is 6.54 Å². The van der Waals surface area contributed by atoms with Crippen molar-refractivity contribution in [1.82, 2.24) is 5.32 Å². The lowest BCUT2D eigenvalue weighted by atomic mass is 10.1. The van der Waals surface area contributed by atoms with Crippen LogP contribution < -0.4 is 10.1 Å². The fourth-order valence-corrected chi connectivity index (χ4v) is 2.50. The Morgan fingerprint density at radius 3 is 2.17 bits per heavy atom. The van der Waals surface area contributed by atoms with E-state index in [-0.39, 0.29) is 5.91 Å². The SMILES string of the molecule is CCC(Oc1cc(C)cc(C)c1)C(=O)NCc1ccc(C)cc1. The minimum Gasteiger partial charge on any atom is -0.481 e. The molecule has 1 unspecified atom stereocenters. The molecule has 3 nitrogen and oxygen atoms in total. The van der Waals surface area contributed by atoms with Gasteiger partial charge in [-0.3, -0.25) is 4.79 Å². The number of hydrogen-bond acceptors (Lipinski definition) is 2. The van der Waals surface area contributed by atoms with E-state index < -0.39 is 6.10 Å². The Kier molecular flexibility index (Phi) is 5.80. The molecule has 122 valence electrons. The number of amides is 1. The molecule has 3 heteroatoms. The van der Waals surface area contributed by atoms with Crippen LogP contribution in [0.5, 0.6) is 5.75 Å². The Morgan fingerprint density at radius 1 is 1.00 bits per heavy atom. The molecule has 0 aliphatic carbocycles. The largest absolute Gasteiger partial charge is 0.481 e. The van der Waals surface area contributed by atoms with Crippen molar-refractivity contribution in [3.8, 4) is 5.75 Å². The van der Waals surface area contributed by atoms with Crippen molar-refractivity contribution in [2.45, 2.75) is 46.8 Å². The molecular weight excluding hydrogens is 286 g/mol. The van der Waals surface area contributed by atoms with Gasteiger partial charge in [0.25, 0.3) is 5.91 Å².